The van der Waals surface area contributed by atoms with Crippen molar-refractivity contribution in [2.45, 2.75) is 40.2 Å². The zero-order valence-corrected chi connectivity index (χ0v) is 14.0. The van der Waals surface area contributed by atoms with Crippen molar-refractivity contribution in [1.29, 1.82) is 0 Å². The van der Waals surface area contributed by atoms with E-state index in [1.807, 2.05) is 25.1 Å². The summed E-state index contributed by atoms with van der Waals surface area (Å²) in [5, 5.41) is 6.33. The molecule has 21 heavy (non-hydrogen) atoms. The maximum atomic E-state index is 12.3. The van der Waals surface area contributed by atoms with Crippen LogP contribution >= 0.6 is 0 Å². The van der Waals surface area contributed by atoms with E-state index in [1.54, 1.807) is 0 Å². The maximum Gasteiger partial charge on any atom is 0.253 e. The van der Waals surface area contributed by atoms with Crippen LogP contribution < -0.4 is 10.6 Å². The number of carbonyl (C=O) groups excluding carboxylic acids is 1. The van der Waals surface area contributed by atoms with E-state index in [0.717, 1.165) is 36.3 Å². The third kappa shape index (κ3) is 5.76. The van der Waals surface area contributed by atoms with Crippen LogP contribution in [-0.2, 0) is 0 Å². The molecule has 2 N–H and O–H groups in total. The monoisotopic (exact) mass is 291 g/mol. The van der Waals surface area contributed by atoms with Crippen LogP contribution in [0, 0.1) is 6.92 Å². The molecule has 0 aliphatic carbocycles. The van der Waals surface area contributed by atoms with Gasteiger partial charge in [0.25, 0.3) is 5.91 Å². The Morgan fingerprint density at radius 1 is 1.29 bits per heavy atom. The summed E-state index contributed by atoms with van der Waals surface area (Å²) in [7, 11) is 2.07. The standard InChI is InChI=1S/C17H29N3O/c1-6-9-18-16-12-14(4)7-8-15(16)17(21)19-10-11-20(5)13(2)3/h7-8,12-13,18H,6,9-11H2,1-5H3,(H,19,21). The van der Waals surface area contributed by atoms with Crippen molar-refractivity contribution in [3.63, 3.8) is 0 Å². The van der Waals surface area contributed by atoms with E-state index < -0.39 is 0 Å². The summed E-state index contributed by atoms with van der Waals surface area (Å²) in [6.07, 6.45) is 1.04. The third-order valence-corrected chi connectivity index (χ3v) is 3.62. The van der Waals surface area contributed by atoms with E-state index in [1.165, 1.54) is 0 Å². The van der Waals surface area contributed by atoms with Crippen LogP contribution in [0.3, 0.4) is 0 Å². The zero-order chi connectivity index (χ0) is 15.8. The van der Waals surface area contributed by atoms with Gasteiger partial charge in [-0.05, 0) is 51.9 Å². The van der Waals surface area contributed by atoms with Gasteiger partial charge in [-0.25, -0.2) is 0 Å². The van der Waals surface area contributed by atoms with Gasteiger partial charge < -0.3 is 15.5 Å². The van der Waals surface area contributed by atoms with Gasteiger partial charge in [0.15, 0.2) is 0 Å². The number of anilines is 1. The Labute approximate surface area is 128 Å². The minimum atomic E-state index is -0.00856. The normalized spacial score (nSPS) is 11.0. The topological polar surface area (TPSA) is 44.4 Å². The minimum absolute atomic E-state index is 0.00856. The molecule has 1 amide bonds. The van der Waals surface area contributed by atoms with E-state index in [4.69, 9.17) is 0 Å². The van der Waals surface area contributed by atoms with Crippen LogP contribution in [0.5, 0.6) is 0 Å². The molecule has 0 saturated carbocycles. The van der Waals surface area contributed by atoms with Crippen molar-refractivity contribution in [2.75, 3.05) is 32.0 Å². The number of likely N-dealkylation sites (N-methyl/N-ethyl adjacent to an activating group) is 1. The molecule has 0 aromatic heterocycles. The van der Waals surface area contributed by atoms with Crippen LogP contribution in [-0.4, -0.2) is 43.5 Å². The number of carbonyl (C=O) groups is 1. The molecule has 1 aromatic carbocycles. The summed E-state index contributed by atoms with van der Waals surface area (Å²) in [4.78, 5) is 14.5. The fourth-order valence-electron chi connectivity index (χ4n) is 1.96. The first-order chi connectivity index (χ1) is 9.95. The first-order valence-electron chi connectivity index (χ1n) is 7.78. The predicted octanol–water partition coefficient (Wildman–Crippen LogP) is 2.89. The number of hydrogen-bond acceptors (Lipinski definition) is 3. The first kappa shape index (κ1) is 17.5. The highest BCUT2D eigenvalue weighted by atomic mass is 16.1. The van der Waals surface area contributed by atoms with Gasteiger partial charge in [-0.3, -0.25) is 4.79 Å². The number of amides is 1. The van der Waals surface area contributed by atoms with Gasteiger partial charge in [0.1, 0.15) is 0 Å². The molecule has 1 aromatic rings. The lowest BCUT2D eigenvalue weighted by Gasteiger charge is -2.21. The summed E-state index contributed by atoms with van der Waals surface area (Å²) >= 11 is 0. The molecular formula is C17H29N3O. The van der Waals surface area contributed by atoms with Gasteiger partial charge in [0.2, 0.25) is 0 Å². The SMILES string of the molecule is CCCNc1cc(C)ccc1C(=O)NCCN(C)C(C)C. The van der Waals surface area contributed by atoms with Gasteiger partial charge in [-0.2, -0.15) is 0 Å². The van der Waals surface area contributed by atoms with Crippen LogP contribution in [0.2, 0.25) is 0 Å². The van der Waals surface area contributed by atoms with Crippen LogP contribution in [0.4, 0.5) is 5.69 Å². The molecule has 0 unspecified atom stereocenters. The molecule has 0 bridgehead atoms. The summed E-state index contributed by atoms with van der Waals surface area (Å²) in [6, 6.07) is 6.40. The molecule has 4 nitrogen and oxygen atoms in total. The van der Waals surface area contributed by atoms with Crippen LogP contribution in [0.15, 0.2) is 18.2 Å². The second-order valence-corrected chi connectivity index (χ2v) is 5.81. The van der Waals surface area contributed by atoms with E-state index >= 15 is 0 Å². The van der Waals surface area contributed by atoms with Crippen LogP contribution in [0.25, 0.3) is 0 Å². The molecular weight excluding hydrogens is 262 g/mol. The summed E-state index contributed by atoms with van der Waals surface area (Å²) in [6.45, 7) is 10.8. The van der Waals surface area contributed by atoms with Crippen molar-refractivity contribution in [2.24, 2.45) is 0 Å². The summed E-state index contributed by atoms with van der Waals surface area (Å²) in [5.41, 5.74) is 2.80. The summed E-state index contributed by atoms with van der Waals surface area (Å²) < 4.78 is 0. The molecule has 0 heterocycles. The second-order valence-electron chi connectivity index (χ2n) is 5.81. The Balaban J connectivity index is 2.64. The van der Waals surface area contributed by atoms with Gasteiger partial charge in [0.05, 0.1) is 5.56 Å². The Kier molecular flexibility index (Phi) is 7.23. The molecule has 0 atom stereocenters. The molecule has 4 heteroatoms. The molecule has 0 radical (unpaired) electrons. The minimum Gasteiger partial charge on any atom is -0.384 e. The Morgan fingerprint density at radius 2 is 2.00 bits per heavy atom. The largest absolute Gasteiger partial charge is 0.384 e. The lowest BCUT2D eigenvalue weighted by molar-refractivity contribution is 0.0949. The van der Waals surface area contributed by atoms with Gasteiger partial charge >= 0.3 is 0 Å². The third-order valence-electron chi connectivity index (χ3n) is 3.62. The van der Waals surface area contributed by atoms with Crippen molar-refractivity contribution in [3.8, 4) is 0 Å². The molecule has 118 valence electrons. The van der Waals surface area contributed by atoms with Crippen molar-refractivity contribution in [1.82, 2.24) is 10.2 Å². The highest BCUT2D eigenvalue weighted by Gasteiger charge is 2.11. The zero-order valence-electron chi connectivity index (χ0n) is 14.0. The predicted molar refractivity (Wildman–Crippen MR) is 90.1 cm³/mol. The van der Waals surface area contributed by atoms with E-state index in [-0.39, 0.29) is 5.91 Å². The van der Waals surface area contributed by atoms with Gasteiger partial charge in [-0.1, -0.05) is 13.0 Å². The fraction of sp³-hybridized carbons (Fsp3) is 0.588. The Bertz CT molecular complexity index is 457. The van der Waals surface area contributed by atoms with Gasteiger partial charge in [-0.15, -0.1) is 0 Å². The fourth-order valence-corrected chi connectivity index (χ4v) is 1.96. The summed E-state index contributed by atoms with van der Waals surface area (Å²) in [5.74, 6) is -0.00856. The number of benzene rings is 1. The maximum absolute atomic E-state index is 12.3. The average Bonchev–Trinajstić information content (AvgIpc) is 2.44. The highest BCUT2D eigenvalue weighted by Crippen LogP contribution is 2.17. The van der Waals surface area contributed by atoms with E-state index in [2.05, 4.69) is 43.4 Å². The number of hydrogen-bond donors (Lipinski definition) is 2. The highest BCUT2D eigenvalue weighted by molar-refractivity contribution is 5.99. The van der Waals surface area contributed by atoms with Crippen molar-refractivity contribution < 1.29 is 4.79 Å². The van der Waals surface area contributed by atoms with Crippen LogP contribution in [0.1, 0.15) is 43.1 Å². The average molecular weight is 291 g/mol. The molecule has 0 fully saturated rings. The number of aryl methyl sites for hydroxylation is 1. The smallest absolute Gasteiger partial charge is 0.253 e. The Hall–Kier alpha value is -1.55. The Morgan fingerprint density at radius 3 is 2.62 bits per heavy atom. The first-order valence-corrected chi connectivity index (χ1v) is 7.78. The molecule has 0 aliphatic rings. The number of rotatable bonds is 8. The molecule has 0 aliphatic heterocycles. The molecule has 0 saturated heterocycles. The molecule has 1 rings (SSSR count). The second kappa shape index (κ2) is 8.67. The molecule has 0 spiro atoms. The van der Waals surface area contributed by atoms with Crippen molar-refractivity contribution >= 4 is 11.6 Å². The quantitative estimate of drug-likeness (QED) is 0.774. The van der Waals surface area contributed by atoms with Gasteiger partial charge in [0, 0.05) is 31.4 Å². The van der Waals surface area contributed by atoms with E-state index in [0.29, 0.717) is 12.6 Å². The number of nitrogens with one attached hydrogen (secondary N) is 2. The van der Waals surface area contributed by atoms with Crippen molar-refractivity contribution in [3.05, 3.63) is 29.3 Å². The lowest BCUT2D eigenvalue weighted by atomic mass is 10.1. The van der Waals surface area contributed by atoms with E-state index in [9.17, 15) is 4.79 Å². The lowest BCUT2D eigenvalue weighted by Crippen LogP contribution is -2.36. The number of nitrogens with zero attached hydrogens (tertiary/aromatic N) is 1.